The molecule has 0 aliphatic carbocycles. The van der Waals surface area contributed by atoms with E-state index in [2.05, 4.69) is 10.0 Å². The van der Waals surface area contributed by atoms with Crippen LogP contribution in [-0.4, -0.2) is 20.4 Å². The van der Waals surface area contributed by atoms with Crippen molar-refractivity contribution in [2.24, 2.45) is 0 Å². The predicted molar refractivity (Wildman–Crippen MR) is 114 cm³/mol. The monoisotopic (exact) mass is 446 g/mol. The summed E-state index contributed by atoms with van der Waals surface area (Å²) in [5.41, 5.74) is 1.50. The van der Waals surface area contributed by atoms with Gasteiger partial charge in [0.2, 0.25) is 15.9 Å². The van der Waals surface area contributed by atoms with Crippen LogP contribution in [0.4, 0.5) is 4.39 Å². The number of rotatable bonds is 8. The van der Waals surface area contributed by atoms with Gasteiger partial charge in [-0.3, -0.25) is 4.79 Å². The molecule has 1 amide bonds. The van der Waals surface area contributed by atoms with Gasteiger partial charge in [0.1, 0.15) is 11.9 Å². The van der Waals surface area contributed by atoms with Crippen LogP contribution in [0.3, 0.4) is 0 Å². The minimum atomic E-state index is -4.04. The molecule has 1 atom stereocenters. The van der Waals surface area contributed by atoms with Crippen molar-refractivity contribution in [3.63, 3.8) is 0 Å². The number of benzene rings is 3. The van der Waals surface area contributed by atoms with Crippen LogP contribution >= 0.6 is 11.6 Å². The van der Waals surface area contributed by atoms with Crippen molar-refractivity contribution < 1.29 is 17.6 Å². The van der Waals surface area contributed by atoms with Crippen molar-refractivity contribution in [2.45, 2.75) is 23.9 Å². The van der Waals surface area contributed by atoms with Gasteiger partial charge in [-0.25, -0.2) is 12.8 Å². The van der Waals surface area contributed by atoms with Crippen molar-refractivity contribution >= 4 is 27.5 Å². The molecule has 0 saturated carbocycles. The summed E-state index contributed by atoms with van der Waals surface area (Å²) in [4.78, 5) is 12.7. The molecule has 0 saturated heterocycles. The number of amides is 1. The summed E-state index contributed by atoms with van der Waals surface area (Å²) in [6.45, 7) is 0.155. The van der Waals surface area contributed by atoms with E-state index in [1.165, 1.54) is 0 Å². The summed E-state index contributed by atoms with van der Waals surface area (Å²) in [6, 6.07) is 19.5. The Morgan fingerprint density at radius 3 is 2.23 bits per heavy atom. The second kappa shape index (κ2) is 9.84. The molecule has 0 radical (unpaired) electrons. The van der Waals surface area contributed by atoms with Crippen LogP contribution in [0.5, 0.6) is 0 Å². The fraction of sp³-hybridized carbons (Fsp3) is 0.136. The van der Waals surface area contributed by atoms with Crippen LogP contribution in [-0.2, 0) is 27.8 Å². The normalized spacial score (nSPS) is 12.3. The highest BCUT2D eigenvalue weighted by molar-refractivity contribution is 7.89. The van der Waals surface area contributed by atoms with E-state index in [1.807, 2.05) is 18.2 Å². The molecule has 0 fully saturated rings. The molecular weight excluding hydrogens is 427 g/mol. The smallest absolute Gasteiger partial charge is 0.241 e. The van der Waals surface area contributed by atoms with Gasteiger partial charge in [-0.05, 0) is 47.9 Å². The molecule has 30 heavy (non-hydrogen) atoms. The SMILES string of the molecule is O=C(NCc1ccccc1Cl)[C@@H](Cc1ccccc1)NS(=O)(=O)c1ccc(F)cc1. The third-order valence-corrected chi connectivity index (χ3v) is 6.29. The molecule has 5 nitrogen and oxygen atoms in total. The molecule has 0 unspecified atom stereocenters. The highest BCUT2D eigenvalue weighted by Crippen LogP contribution is 2.15. The number of sulfonamides is 1. The second-order valence-electron chi connectivity index (χ2n) is 6.63. The lowest BCUT2D eigenvalue weighted by Gasteiger charge is -2.19. The highest BCUT2D eigenvalue weighted by atomic mass is 35.5. The zero-order chi connectivity index (χ0) is 21.6. The Kier molecular flexibility index (Phi) is 7.20. The fourth-order valence-corrected chi connectivity index (χ4v) is 4.25. The number of carbonyl (C=O) groups is 1. The number of hydrogen-bond donors (Lipinski definition) is 2. The Morgan fingerprint density at radius 2 is 1.57 bits per heavy atom. The lowest BCUT2D eigenvalue weighted by Crippen LogP contribution is -2.47. The molecule has 3 rings (SSSR count). The summed E-state index contributed by atoms with van der Waals surface area (Å²) in [5.74, 6) is -1.04. The van der Waals surface area contributed by atoms with Crippen molar-refractivity contribution in [3.8, 4) is 0 Å². The van der Waals surface area contributed by atoms with E-state index in [9.17, 15) is 17.6 Å². The van der Waals surface area contributed by atoms with E-state index in [0.29, 0.717) is 10.6 Å². The first-order valence-electron chi connectivity index (χ1n) is 9.18. The highest BCUT2D eigenvalue weighted by Gasteiger charge is 2.26. The Morgan fingerprint density at radius 1 is 0.933 bits per heavy atom. The van der Waals surface area contributed by atoms with Crippen LogP contribution in [0.2, 0.25) is 5.02 Å². The van der Waals surface area contributed by atoms with Crippen molar-refractivity contribution in [1.29, 1.82) is 0 Å². The van der Waals surface area contributed by atoms with E-state index in [1.54, 1.807) is 36.4 Å². The van der Waals surface area contributed by atoms with Crippen molar-refractivity contribution in [1.82, 2.24) is 10.0 Å². The number of nitrogens with one attached hydrogen (secondary N) is 2. The summed E-state index contributed by atoms with van der Waals surface area (Å²) < 4.78 is 41.1. The average Bonchev–Trinajstić information content (AvgIpc) is 2.73. The quantitative estimate of drug-likeness (QED) is 0.554. The minimum Gasteiger partial charge on any atom is -0.351 e. The van der Waals surface area contributed by atoms with Gasteiger partial charge >= 0.3 is 0 Å². The molecule has 0 aliphatic rings. The van der Waals surface area contributed by atoms with Crippen LogP contribution in [0.15, 0.2) is 83.8 Å². The lowest BCUT2D eigenvalue weighted by molar-refractivity contribution is -0.122. The zero-order valence-electron chi connectivity index (χ0n) is 15.9. The van der Waals surface area contributed by atoms with E-state index in [4.69, 9.17) is 11.6 Å². The first-order valence-corrected chi connectivity index (χ1v) is 11.0. The predicted octanol–water partition coefficient (Wildman–Crippen LogP) is 3.69. The Balaban J connectivity index is 1.79. The van der Waals surface area contributed by atoms with Gasteiger partial charge in [0, 0.05) is 11.6 Å². The lowest BCUT2D eigenvalue weighted by atomic mass is 10.1. The zero-order valence-corrected chi connectivity index (χ0v) is 17.5. The topological polar surface area (TPSA) is 75.3 Å². The van der Waals surface area contributed by atoms with E-state index < -0.39 is 27.8 Å². The van der Waals surface area contributed by atoms with Gasteiger partial charge in [0.15, 0.2) is 0 Å². The molecule has 2 N–H and O–H groups in total. The van der Waals surface area contributed by atoms with Crippen molar-refractivity contribution in [2.75, 3.05) is 0 Å². The molecule has 0 spiro atoms. The Hall–Kier alpha value is -2.74. The van der Waals surface area contributed by atoms with Gasteiger partial charge in [-0.15, -0.1) is 0 Å². The molecule has 0 aromatic heterocycles. The largest absolute Gasteiger partial charge is 0.351 e. The summed E-state index contributed by atoms with van der Waals surface area (Å²) in [6.07, 6.45) is 0.148. The number of carbonyl (C=O) groups excluding carboxylic acids is 1. The molecule has 0 aliphatic heterocycles. The number of halogens is 2. The molecule has 3 aromatic rings. The van der Waals surface area contributed by atoms with Gasteiger partial charge in [-0.2, -0.15) is 4.72 Å². The first-order chi connectivity index (χ1) is 14.3. The molecule has 8 heteroatoms. The Bertz CT molecular complexity index is 1110. The molecule has 3 aromatic carbocycles. The van der Waals surface area contributed by atoms with Gasteiger partial charge in [0.25, 0.3) is 0 Å². The average molecular weight is 447 g/mol. The maximum atomic E-state index is 13.2. The van der Waals surface area contributed by atoms with Gasteiger partial charge in [-0.1, -0.05) is 60.1 Å². The van der Waals surface area contributed by atoms with Crippen LogP contribution in [0.25, 0.3) is 0 Å². The van der Waals surface area contributed by atoms with E-state index in [-0.39, 0.29) is 17.9 Å². The maximum Gasteiger partial charge on any atom is 0.241 e. The van der Waals surface area contributed by atoms with E-state index >= 15 is 0 Å². The summed E-state index contributed by atoms with van der Waals surface area (Å²) in [5, 5.41) is 3.24. The molecule has 0 heterocycles. The third-order valence-electron chi connectivity index (χ3n) is 4.43. The van der Waals surface area contributed by atoms with E-state index in [0.717, 1.165) is 29.8 Å². The molecular formula is C22H20ClFN2O3S. The molecule has 0 bridgehead atoms. The summed E-state index contributed by atoms with van der Waals surface area (Å²) in [7, 11) is -4.04. The van der Waals surface area contributed by atoms with Crippen LogP contribution < -0.4 is 10.0 Å². The maximum absolute atomic E-state index is 13.2. The molecule has 156 valence electrons. The standard InChI is InChI=1S/C22H20ClFN2O3S/c23-20-9-5-4-8-17(20)15-25-22(27)21(14-16-6-2-1-3-7-16)26-30(28,29)19-12-10-18(24)11-13-19/h1-13,21,26H,14-15H2,(H,25,27)/t21-/m1/s1. The fourth-order valence-electron chi connectivity index (χ4n) is 2.85. The van der Waals surface area contributed by atoms with Crippen LogP contribution in [0.1, 0.15) is 11.1 Å². The van der Waals surface area contributed by atoms with Crippen LogP contribution in [0, 0.1) is 5.82 Å². The first kappa shape index (κ1) is 22.0. The third kappa shape index (κ3) is 5.89. The van der Waals surface area contributed by atoms with Gasteiger partial charge in [0.05, 0.1) is 4.90 Å². The Labute approximate surface area is 179 Å². The van der Waals surface area contributed by atoms with Crippen molar-refractivity contribution in [3.05, 3.63) is 101 Å². The summed E-state index contributed by atoms with van der Waals surface area (Å²) >= 11 is 6.12. The van der Waals surface area contributed by atoms with Gasteiger partial charge < -0.3 is 5.32 Å². The second-order valence-corrected chi connectivity index (χ2v) is 8.75. The number of hydrogen-bond acceptors (Lipinski definition) is 3. The minimum absolute atomic E-state index is 0.124.